The normalized spacial score (nSPS) is 9.83. The Balaban J connectivity index is 2.32. The Labute approximate surface area is 119 Å². The molecular weight excluding hydrogens is 341 g/mol. The average molecular weight is 351 g/mol. The highest BCUT2D eigenvalue weighted by atomic mass is 127. The third-order valence-corrected chi connectivity index (χ3v) is 3.48. The van der Waals surface area contributed by atoms with E-state index in [0.29, 0.717) is 17.1 Å². The number of rotatable bonds is 3. The quantitative estimate of drug-likeness (QED) is 0.862. The Morgan fingerprint density at radius 1 is 1.22 bits per heavy atom. The van der Waals surface area contributed by atoms with Crippen molar-refractivity contribution in [3.05, 3.63) is 57.2 Å². The molecule has 0 atom stereocenters. The number of aliphatic hydroxyl groups is 1. The molecule has 0 heterocycles. The number of hydrogen-bond donors (Lipinski definition) is 1. The molecule has 0 saturated carbocycles. The summed E-state index contributed by atoms with van der Waals surface area (Å²) < 4.78 is 6.64. The van der Waals surface area contributed by atoms with E-state index >= 15 is 0 Å². The fraction of sp³-hybridized carbons (Fsp3) is 0.0714. The zero-order chi connectivity index (χ0) is 13.0. The monoisotopic (exact) mass is 351 g/mol. The molecule has 90 valence electrons. The minimum Gasteiger partial charge on any atom is -0.456 e. The van der Waals surface area contributed by atoms with E-state index in [-0.39, 0.29) is 6.61 Å². The van der Waals surface area contributed by atoms with Crippen molar-refractivity contribution in [1.29, 1.82) is 5.26 Å². The SMILES string of the molecule is N#Cc1ccccc1Oc1ccc(I)c(CO)c1. The van der Waals surface area contributed by atoms with Gasteiger partial charge >= 0.3 is 0 Å². The predicted octanol–water partition coefficient (Wildman–Crippen LogP) is 3.45. The molecule has 0 aliphatic rings. The molecule has 0 radical (unpaired) electrons. The summed E-state index contributed by atoms with van der Waals surface area (Å²) >= 11 is 2.15. The van der Waals surface area contributed by atoms with Crippen LogP contribution in [0.15, 0.2) is 42.5 Å². The van der Waals surface area contributed by atoms with Crippen LogP contribution in [0.25, 0.3) is 0 Å². The van der Waals surface area contributed by atoms with Crippen molar-refractivity contribution in [3.63, 3.8) is 0 Å². The lowest BCUT2D eigenvalue weighted by Gasteiger charge is -2.09. The van der Waals surface area contributed by atoms with E-state index in [0.717, 1.165) is 9.13 Å². The molecule has 0 aliphatic heterocycles. The molecule has 0 amide bonds. The summed E-state index contributed by atoms with van der Waals surface area (Å²) in [7, 11) is 0. The summed E-state index contributed by atoms with van der Waals surface area (Å²) in [6, 6.07) is 14.6. The van der Waals surface area contributed by atoms with Crippen molar-refractivity contribution in [1.82, 2.24) is 0 Å². The Morgan fingerprint density at radius 2 is 2.00 bits per heavy atom. The minimum atomic E-state index is -0.0324. The Morgan fingerprint density at radius 3 is 2.72 bits per heavy atom. The molecule has 18 heavy (non-hydrogen) atoms. The highest BCUT2D eigenvalue weighted by Gasteiger charge is 2.05. The van der Waals surface area contributed by atoms with Crippen LogP contribution in [0.2, 0.25) is 0 Å². The van der Waals surface area contributed by atoms with Crippen LogP contribution in [0.4, 0.5) is 0 Å². The first kappa shape index (κ1) is 12.9. The molecule has 1 N–H and O–H groups in total. The number of nitrogens with zero attached hydrogens (tertiary/aromatic N) is 1. The van der Waals surface area contributed by atoms with E-state index in [4.69, 9.17) is 10.00 Å². The molecule has 0 saturated heterocycles. The molecule has 4 heteroatoms. The van der Waals surface area contributed by atoms with E-state index in [2.05, 4.69) is 28.7 Å². The average Bonchev–Trinajstić information content (AvgIpc) is 2.41. The van der Waals surface area contributed by atoms with Gasteiger partial charge in [-0.25, -0.2) is 0 Å². The third kappa shape index (κ3) is 2.81. The van der Waals surface area contributed by atoms with E-state index in [1.54, 1.807) is 24.3 Å². The third-order valence-electron chi connectivity index (χ3n) is 2.42. The Bertz CT molecular complexity index is 605. The fourth-order valence-electron chi connectivity index (χ4n) is 1.51. The van der Waals surface area contributed by atoms with Crippen LogP contribution < -0.4 is 4.74 Å². The van der Waals surface area contributed by atoms with E-state index in [1.165, 1.54) is 0 Å². The van der Waals surface area contributed by atoms with Gasteiger partial charge in [-0.15, -0.1) is 0 Å². The number of benzene rings is 2. The summed E-state index contributed by atoms with van der Waals surface area (Å²) in [5, 5.41) is 18.2. The fourth-order valence-corrected chi connectivity index (χ4v) is 2.02. The standard InChI is InChI=1S/C14H10INO2/c15-13-6-5-12(7-11(13)9-17)18-14-4-2-1-3-10(14)8-16/h1-7,17H,9H2. The molecule has 0 aliphatic carbocycles. The van der Waals surface area contributed by atoms with Crippen LogP contribution in [-0.4, -0.2) is 5.11 Å². The van der Waals surface area contributed by atoms with Crippen molar-refractivity contribution in [2.45, 2.75) is 6.61 Å². The second-order valence-electron chi connectivity index (χ2n) is 3.62. The van der Waals surface area contributed by atoms with E-state index in [1.807, 2.05) is 18.2 Å². The predicted molar refractivity (Wildman–Crippen MR) is 76.3 cm³/mol. The van der Waals surface area contributed by atoms with Gasteiger partial charge in [0.05, 0.1) is 12.2 Å². The van der Waals surface area contributed by atoms with Crippen LogP contribution in [0, 0.1) is 14.9 Å². The smallest absolute Gasteiger partial charge is 0.145 e. The number of nitriles is 1. The van der Waals surface area contributed by atoms with Gasteiger partial charge in [0.2, 0.25) is 0 Å². The van der Waals surface area contributed by atoms with Crippen molar-refractivity contribution in [2.24, 2.45) is 0 Å². The van der Waals surface area contributed by atoms with E-state index in [9.17, 15) is 5.11 Å². The molecule has 2 rings (SSSR count). The zero-order valence-electron chi connectivity index (χ0n) is 9.43. The first-order valence-corrected chi connectivity index (χ1v) is 6.38. The van der Waals surface area contributed by atoms with Crippen molar-refractivity contribution >= 4 is 22.6 Å². The number of ether oxygens (including phenoxy) is 1. The number of para-hydroxylation sites is 1. The van der Waals surface area contributed by atoms with Crippen LogP contribution in [0.5, 0.6) is 11.5 Å². The molecule has 0 aromatic heterocycles. The number of hydrogen-bond acceptors (Lipinski definition) is 3. The van der Waals surface area contributed by atoms with Crippen molar-refractivity contribution < 1.29 is 9.84 Å². The Kier molecular flexibility index (Phi) is 4.18. The number of halogens is 1. The second kappa shape index (κ2) is 5.85. The second-order valence-corrected chi connectivity index (χ2v) is 4.78. The lowest BCUT2D eigenvalue weighted by molar-refractivity contribution is 0.280. The molecule has 0 unspecified atom stereocenters. The van der Waals surface area contributed by atoms with Crippen molar-refractivity contribution in [2.75, 3.05) is 0 Å². The maximum atomic E-state index is 9.20. The molecule has 2 aromatic carbocycles. The maximum absolute atomic E-state index is 9.20. The summed E-state index contributed by atoms with van der Waals surface area (Å²) in [6.07, 6.45) is 0. The lowest BCUT2D eigenvalue weighted by Crippen LogP contribution is -1.92. The van der Waals surface area contributed by atoms with Crippen LogP contribution in [-0.2, 0) is 6.61 Å². The molecule has 0 spiro atoms. The van der Waals surface area contributed by atoms with Gasteiger partial charge in [0.25, 0.3) is 0 Å². The lowest BCUT2D eigenvalue weighted by atomic mass is 10.2. The molecule has 0 bridgehead atoms. The molecular formula is C14H10INO2. The first-order valence-electron chi connectivity index (χ1n) is 5.31. The largest absolute Gasteiger partial charge is 0.456 e. The highest BCUT2D eigenvalue weighted by Crippen LogP contribution is 2.27. The van der Waals surface area contributed by atoms with Gasteiger partial charge in [0, 0.05) is 3.57 Å². The van der Waals surface area contributed by atoms with Crippen LogP contribution in [0.3, 0.4) is 0 Å². The van der Waals surface area contributed by atoms with Gasteiger partial charge < -0.3 is 9.84 Å². The van der Waals surface area contributed by atoms with Crippen molar-refractivity contribution in [3.8, 4) is 17.6 Å². The van der Waals surface area contributed by atoms with Gasteiger partial charge in [-0.1, -0.05) is 12.1 Å². The van der Waals surface area contributed by atoms with Gasteiger partial charge in [-0.2, -0.15) is 5.26 Å². The molecule has 0 fully saturated rings. The van der Waals surface area contributed by atoms with Gasteiger partial charge in [-0.3, -0.25) is 0 Å². The summed E-state index contributed by atoms with van der Waals surface area (Å²) in [4.78, 5) is 0. The number of aliphatic hydroxyl groups excluding tert-OH is 1. The maximum Gasteiger partial charge on any atom is 0.145 e. The first-order chi connectivity index (χ1) is 8.74. The van der Waals surface area contributed by atoms with Crippen LogP contribution in [0.1, 0.15) is 11.1 Å². The minimum absolute atomic E-state index is 0.0324. The highest BCUT2D eigenvalue weighted by molar-refractivity contribution is 14.1. The summed E-state index contributed by atoms with van der Waals surface area (Å²) in [6.45, 7) is -0.0324. The summed E-state index contributed by atoms with van der Waals surface area (Å²) in [5.74, 6) is 1.13. The molecule has 2 aromatic rings. The molecule has 3 nitrogen and oxygen atoms in total. The van der Waals surface area contributed by atoms with Gasteiger partial charge in [0.15, 0.2) is 0 Å². The summed E-state index contributed by atoms with van der Waals surface area (Å²) in [5.41, 5.74) is 1.30. The Hall–Kier alpha value is -1.58. The van der Waals surface area contributed by atoms with Gasteiger partial charge in [0.1, 0.15) is 17.6 Å². The zero-order valence-corrected chi connectivity index (χ0v) is 11.6. The van der Waals surface area contributed by atoms with Gasteiger partial charge in [-0.05, 0) is 58.5 Å². The van der Waals surface area contributed by atoms with Crippen LogP contribution >= 0.6 is 22.6 Å². The van der Waals surface area contributed by atoms with E-state index < -0.39 is 0 Å². The topological polar surface area (TPSA) is 53.2 Å².